The molecule has 2 fully saturated rings. The van der Waals surface area contributed by atoms with Crippen molar-refractivity contribution in [1.29, 1.82) is 0 Å². The van der Waals surface area contributed by atoms with Gasteiger partial charge in [-0.2, -0.15) is 23.6 Å². The lowest BCUT2D eigenvalue weighted by Gasteiger charge is -2.37. The summed E-state index contributed by atoms with van der Waals surface area (Å²) < 4.78 is 41.4. The number of halogens is 3. The maximum absolute atomic E-state index is 14.1. The van der Waals surface area contributed by atoms with Gasteiger partial charge in [-0.3, -0.25) is 4.79 Å². The van der Waals surface area contributed by atoms with Crippen molar-refractivity contribution in [3.8, 4) is 0 Å². The molecule has 2 aliphatic heterocycles. The Kier molecular flexibility index (Phi) is 7.15. The average molecular weight is 508 g/mol. The number of nitrogens with one attached hydrogen (secondary N) is 1. The Hall–Kier alpha value is -3.35. The van der Waals surface area contributed by atoms with E-state index in [1.165, 1.54) is 17.1 Å². The van der Waals surface area contributed by atoms with Crippen LogP contribution < -0.4 is 10.2 Å². The van der Waals surface area contributed by atoms with Crippen LogP contribution in [-0.2, 0) is 4.79 Å². The fraction of sp³-hybridized carbons (Fsp3) is 0.409. The predicted octanol–water partition coefficient (Wildman–Crippen LogP) is 3.03. The van der Waals surface area contributed by atoms with Crippen LogP contribution in [0.3, 0.4) is 0 Å². The van der Waals surface area contributed by atoms with Gasteiger partial charge < -0.3 is 15.1 Å². The minimum atomic E-state index is -0.713. The molecule has 3 heterocycles. The van der Waals surface area contributed by atoms with Gasteiger partial charge in [0.1, 0.15) is 11.6 Å². The Bertz CT molecular complexity index is 1140. The van der Waals surface area contributed by atoms with Crippen molar-refractivity contribution in [2.75, 3.05) is 36.4 Å². The van der Waals surface area contributed by atoms with E-state index in [-0.39, 0.29) is 43.1 Å². The molecule has 1 saturated heterocycles. The first-order valence-electron chi connectivity index (χ1n) is 11.0. The van der Waals surface area contributed by atoms with Crippen molar-refractivity contribution < 1.29 is 22.8 Å². The highest BCUT2D eigenvalue weighted by Gasteiger charge is 2.34. The highest BCUT2D eigenvalue weighted by Crippen LogP contribution is 2.31. The van der Waals surface area contributed by atoms with Crippen molar-refractivity contribution in [2.24, 2.45) is 11.0 Å². The second-order valence-electron chi connectivity index (χ2n) is 8.48. The van der Waals surface area contributed by atoms with Gasteiger partial charge in [0.15, 0.2) is 11.6 Å². The van der Waals surface area contributed by atoms with E-state index in [9.17, 15) is 22.8 Å². The van der Waals surface area contributed by atoms with Gasteiger partial charge in [-0.15, -0.1) is 0 Å². The molecule has 13 heteroatoms. The van der Waals surface area contributed by atoms with E-state index in [4.69, 9.17) is 0 Å². The number of piperazine rings is 1. The molecule has 0 unspecified atom stereocenters. The largest absolute Gasteiger partial charge is 0.341 e. The van der Waals surface area contributed by atoms with E-state index in [1.54, 1.807) is 16.0 Å². The van der Waals surface area contributed by atoms with E-state index >= 15 is 0 Å². The Labute approximate surface area is 206 Å². The monoisotopic (exact) mass is 507 g/mol. The molecule has 1 saturated carbocycles. The third-order valence-corrected chi connectivity index (χ3v) is 6.05. The number of rotatable bonds is 4. The van der Waals surface area contributed by atoms with E-state index in [1.807, 2.05) is 0 Å². The van der Waals surface area contributed by atoms with Gasteiger partial charge in [0.2, 0.25) is 11.9 Å². The minimum Gasteiger partial charge on any atom is -0.337 e. The van der Waals surface area contributed by atoms with Crippen molar-refractivity contribution in [1.82, 2.24) is 19.9 Å². The summed E-state index contributed by atoms with van der Waals surface area (Å²) in [5.41, 5.74) is 0.336. The number of urea groups is 1. The van der Waals surface area contributed by atoms with E-state index in [0.717, 1.165) is 25.1 Å². The molecule has 3 aliphatic rings. The Morgan fingerprint density at radius 2 is 1.69 bits per heavy atom. The average Bonchev–Trinajstić information content (AvgIpc) is 3.56. The highest BCUT2D eigenvalue weighted by atomic mass is 32.1. The van der Waals surface area contributed by atoms with E-state index in [2.05, 4.69) is 20.4 Å². The summed E-state index contributed by atoms with van der Waals surface area (Å²) in [4.78, 5) is 36.6. The molecule has 186 valence electrons. The molecule has 1 N–H and O–H groups in total. The topological polar surface area (TPSA) is 94.0 Å². The third-order valence-electron chi connectivity index (χ3n) is 6.05. The molecular weight excluding hydrogens is 483 g/mol. The standard InChI is InChI=1S/C22H22F3N7O2.H2S/c23-15-9-14(10-16(24)11-15)18-3-4-27-32(18)22(34)31-7-5-30(6-8-31)21-26-12-17(25)19(29-21)28-20(33)13-1-2-13;/h4,9-13,18H,1-3,5-8H2,(H,26,28,29,33);1H2/t18-;/m0./s1. The normalized spacial score (nSPS) is 19.5. The second-order valence-corrected chi connectivity index (χ2v) is 8.48. The van der Waals surface area contributed by atoms with Crippen LogP contribution in [0.1, 0.15) is 30.9 Å². The molecule has 1 aromatic carbocycles. The summed E-state index contributed by atoms with van der Waals surface area (Å²) >= 11 is 0. The number of hydrazone groups is 1. The van der Waals surface area contributed by atoms with Gasteiger partial charge in [0, 0.05) is 50.8 Å². The van der Waals surface area contributed by atoms with Crippen LogP contribution in [0, 0.1) is 23.4 Å². The lowest BCUT2D eigenvalue weighted by molar-refractivity contribution is -0.117. The van der Waals surface area contributed by atoms with E-state index in [0.29, 0.717) is 38.2 Å². The summed E-state index contributed by atoms with van der Waals surface area (Å²) in [7, 11) is 0. The molecule has 5 rings (SSSR count). The number of carbonyl (C=O) groups excluding carboxylic acids is 2. The number of amides is 3. The first kappa shape index (κ1) is 24.8. The van der Waals surface area contributed by atoms with Crippen molar-refractivity contribution in [3.05, 3.63) is 47.4 Å². The predicted molar refractivity (Wildman–Crippen MR) is 127 cm³/mol. The summed E-state index contributed by atoms with van der Waals surface area (Å²) in [5, 5.41) is 7.88. The highest BCUT2D eigenvalue weighted by molar-refractivity contribution is 7.59. The number of aromatic nitrogens is 2. The Balaban J connectivity index is 0.00000289. The fourth-order valence-corrected chi connectivity index (χ4v) is 4.05. The number of carbonyl (C=O) groups is 2. The SMILES string of the molecule is O=C(Nc1nc(N2CCN(C(=O)N3N=CC[C@H]3c3cc(F)cc(F)c3)CC2)ncc1F)C1CC1.S. The second kappa shape index (κ2) is 10.1. The maximum Gasteiger partial charge on any atom is 0.341 e. The van der Waals surface area contributed by atoms with Crippen LogP contribution in [0.25, 0.3) is 0 Å². The first-order valence-corrected chi connectivity index (χ1v) is 11.0. The minimum absolute atomic E-state index is 0. The van der Waals surface area contributed by atoms with Crippen molar-refractivity contribution >= 4 is 43.4 Å². The van der Waals surface area contributed by atoms with Gasteiger partial charge >= 0.3 is 6.03 Å². The van der Waals surface area contributed by atoms with Crippen LogP contribution in [0.15, 0.2) is 29.5 Å². The molecule has 1 aromatic heterocycles. The van der Waals surface area contributed by atoms with Gasteiger partial charge in [-0.25, -0.2) is 28.0 Å². The number of nitrogens with zero attached hydrogens (tertiary/aromatic N) is 6. The van der Waals surface area contributed by atoms with Crippen LogP contribution >= 0.6 is 13.5 Å². The lowest BCUT2D eigenvalue weighted by Crippen LogP contribution is -2.52. The molecule has 2 aromatic rings. The van der Waals surface area contributed by atoms with Gasteiger partial charge in [0.25, 0.3) is 0 Å². The van der Waals surface area contributed by atoms with Crippen LogP contribution in [0.2, 0.25) is 0 Å². The summed E-state index contributed by atoms with van der Waals surface area (Å²) in [6, 6.07) is 2.22. The van der Waals surface area contributed by atoms with E-state index < -0.39 is 23.5 Å². The summed E-state index contributed by atoms with van der Waals surface area (Å²) in [5.74, 6) is -2.38. The molecule has 35 heavy (non-hydrogen) atoms. The van der Waals surface area contributed by atoms with Crippen LogP contribution in [-0.4, -0.2) is 64.2 Å². The zero-order valence-corrected chi connectivity index (χ0v) is 19.6. The molecule has 1 aliphatic carbocycles. The maximum atomic E-state index is 14.1. The number of benzene rings is 1. The summed E-state index contributed by atoms with van der Waals surface area (Å²) in [6.45, 7) is 1.40. The zero-order chi connectivity index (χ0) is 23.8. The lowest BCUT2D eigenvalue weighted by atomic mass is 10.0. The fourth-order valence-electron chi connectivity index (χ4n) is 4.05. The third kappa shape index (κ3) is 5.34. The molecule has 0 radical (unpaired) electrons. The summed E-state index contributed by atoms with van der Waals surface area (Å²) in [6.07, 6.45) is 4.50. The van der Waals surface area contributed by atoms with Gasteiger partial charge in [0.05, 0.1) is 12.2 Å². The Morgan fingerprint density at radius 3 is 2.34 bits per heavy atom. The molecule has 0 bridgehead atoms. The van der Waals surface area contributed by atoms with Gasteiger partial charge in [-0.05, 0) is 30.5 Å². The van der Waals surface area contributed by atoms with Crippen molar-refractivity contribution in [3.63, 3.8) is 0 Å². The number of hydrogen-bond acceptors (Lipinski definition) is 6. The number of anilines is 2. The van der Waals surface area contributed by atoms with Crippen molar-refractivity contribution in [2.45, 2.75) is 25.3 Å². The smallest absolute Gasteiger partial charge is 0.337 e. The number of hydrogen-bond donors (Lipinski definition) is 1. The molecule has 3 amide bonds. The molecule has 0 spiro atoms. The zero-order valence-electron chi connectivity index (χ0n) is 18.6. The molecule has 9 nitrogen and oxygen atoms in total. The molecular formula is C22H24F3N7O2S. The first-order chi connectivity index (χ1) is 16.4. The Morgan fingerprint density at radius 1 is 1.00 bits per heavy atom. The van der Waals surface area contributed by atoms with Crippen LogP contribution in [0.5, 0.6) is 0 Å². The van der Waals surface area contributed by atoms with Crippen LogP contribution in [0.4, 0.5) is 29.7 Å². The van der Waals surface area contributed by atoms with Gasteiger partial charge in [-0.1, -0.05) is 0 Å². The molecule has 1 atom stereocenters. The quantitative estimate of drug-likeness (QED) is 0.687.